The van der Waals surface area contributed by atoms with E-state index in [9.17, 15) is 0 Å². The molecule has 15 heavy (non-hydrogen) atoms. The van der Waals surface area contributed by atoms with Gasteiger partial charge in [0.15, 0.2) is 5.75 Å². The van der Waals surface area contributed by atoms with Gasteiger partial charge in [0.2, 0.25) is 0 Å². The van der Waals surface area contributed by atoms with Gasteiger partial charge in [-0.25, -0.2) is 4.68 Å². The van der Waals surface area contributed by atoms with Crippen LogP contribution in [0.15, 0.2) is 36.7 Å². The summed E-state index contributed by atoms with van der Waals surface area (Å²) in [5.74, 6) is 1.57. The molecule has 0 saturated heterocycles. The van der Waals surface area contributed by atoms with Crippen LogP contribution in [0.2, 0.25) is 0 Å². The lowest BCUT2D eigenvalue weighted by Crippen LogP contribution is -1.93. The molecule has 0 radical (unpaired) electrons. The molecule has 0 aliphatic heterocycles. The Hall–Kier alpha value is -1.97. The summed E-state index contributed by atoms with van der Waals surface area (Å²) >= 11 is 0. The Morgan fingerprint density at radius 2 is 1.67 bits per heavy atom. The van der Waals surface area contributed by atoms with Crippen LogP contribution in [0.5, 0.6) is 11.5 Å². The minimum Gasteiger partial charge on any atom is -0.497 e. The van der Waals surface area contributed by atoms with Crippen LogP contribution in [0.3, 0.4) is 0 Å². The summed E-state index contributed by atoms with van der Waals surface area (Å²) in [6.07, 6.45) is 3.49. The first-order valence-electron chi connectivity index (χ1n) is 4.56. The molecule has 2 rings (SSSR count). The third-order valence-corrected chi connectivity index (χ3v) is 2.13. The normalized spacial score (nSPS) is 10.0. The number of benzene rings is 1. The summed E-state index contributed by atoms with van der Waals surface area (Å²) in [5.41, 5.74) is 0.971. The lowest BCUT2D eigenvalue weighted by molar-refractivity contribution is 0.414. The molecular formula is C11H12N2O2. The fourth-order valence-corrected chi connectivity index (χ4v) is 1.29. The molecule has 0 atom stereocenters. The summed E-state index contributed by atoms with van der Waals surface area (Å²) in [4.78, 5) is 0. The molecule has 2 aromatic rings. The van der Waals surface area contributed by atoms with E-state index in [0.29, 0.717) is 0 Å². The summed E-state index contributed by atoms with van der Waals surface area (Å²) in [6.45, 7) is 0. The zero-order valence-electron chi connectivity index (χ0n) is 8.68. The first kappa shape index (κ1) is 9.58. The highest BCUT2D eigenvalue weighted by molar-refractivity contribution is 5.37. The van der Waals surface area contributed by atoms with Gasteiger partial charge in [-0.3, -0.25) is 0 Å². The van der Waals surface area contributed by atoms with Crippen LogP contribution in [0.4, 0.5) is 0 Å². The van der Waals surface area contributed by atoms with Gasteiger partial charge in [-0.05, 0) is 24.3 Å². The molecule has 0 unspecified atom stereocenters. The molecule has 1 heterocycles. The average Bonchev–Trinajstić information content (AvgIpc) is 2.78. The summed E-state index contributed by atoms with van der Waals surface area (Å²) in [5, 5.41) is 4.16. The Labute approximate surface area is 88.1 Å². The van der Waals surface area contributed by atoms with Gasteiger partial charge >= 0.3 is 0 Å². The van der Waals surface area contributed by atoms with Crippen molar-refractivity contribution in [1.29, 1.82) is 0 Å². The number of rotatable bonds is 3. The smallest absolute Gasteiger partial charge is 0.157 e. The Morgan fingerprint density at radius 1 is 1.00 bits per heavy atom. The largest absolute Gasteiger partial charge is 0.497 e. The zero-order chi connectivity index (χ0) is 10.7. The quantitative estimate of drug-likeness (QED) is 0.766. The first-order valence-corrected chi connectivity index (χ1v) is 4.56. The molecule has 0 amide bonds. The highest BCUT2D eigenvalue weighted by atomic mass is 16.5. The van der Waals surface area contributed by atoms with Crippen molar-refractivity contribution in [3.63, 3.8) is 0 Å². The van der Waals surface area contributed by atoms with Crippen molar-refractivity contribution in [2.45, 2.75) is 0 Å². The standard InChI is InChI=1S/C11H12N2O2/c1-14-10-5-3-9(4-6-10)13-8-11(15-2)7-12-13/h3-8H,1-2H3. The molecule has 4 heteroatoms. The van der Waals surface area contributed by atoms with Crippen LogP contribution in [-0.2, 0) is 0 Å². The molecule has 4 nitrogen and oxygen atoms in total. The Morgan fingerprint density at radius 3 is 2.20 bits per heavy atom. The van der Waals surface area contributed by atoms with Gasteiger partial charge in [-0.1, -0.05) is 0 Å². The van der Waals surface area contributed by atoms with E-state index in [1.807, 2.05) is 30.5 Å². The van der Waals surface area contributed by atoms with Crippen molar-refractivity contribution < 1.29 is 9.47 Å². The van der Waals surface area contributed by atoms with E-state index in [1.165, 1.54) is 0 Å². The highest BCUT2D eigenvalue weighted by Crippen LogP contribution is 2.16. The van der Waals surface area contributed by atoms with E-state index in [0.717, 1.165) is 17.2 Å². The molecule has 0 saturated carbocycles. The molecule has 0 aliphatic carbocycles. The summed E-state index contributed by atoms with van der Waals surface area (Å²) in [7, 11) is 3.27. The van der Waals surface area contributed by atoms with Crippen LogP contribution < -0.4 is 9.47 Å². The number of ether oxygens (including phenoxy) is 2. The van der Waals surface area contributed by atoms with Gasteiger partial charge in [-0.15, -0.1) is 0 Å². The van der Waals surface area contributed by atoms with Crippen LogP contribution in [0.1, 0.15) is 0 Å². The van der Waals surface area contributed by atoms with Gasteiger partial charge in [0.25, 0.3) is 0 Å². The average molecular weight is 204 g/mol. The number of methoxy groups -OCH3 is 2. The molecule has 0 aliphatic rings. The van der Waals surface area contributed by atoms with Crippen molar-refractivity contribution in [1.82, 2.24) is 9.78 Å². The van der Waals surface area contributed by atoms with E-state index in [-0.39, 0.29) is 0 Å². The second-order valence-electron chi connectivity index (χ2n) is 3.02. The fraction of sp³-hybridized carbons (Fsp3) is 0.182. The Bertz CT molecular complexity index is 434. The van der Waals surface area contributed by atoms with Crippen molar-refractivity contribution in [2.75, 3.05) is 14.2 Å². The molecule has 0 spiro atoms. The second-order valence-corrected chi connectivity index (χ2v) is 3.02. The highest BCUT2D eigenvalue weighted by Gasteiger charge is 2.00. The van der Waals surface area contributed by atoms with Crippen LogP contribution >= 0.6 is 0 Å². The molecule has 1 aromatic heterocycles. The number of hydrogen-bond donors (Lipinski definition) is 0. The minimum absolute atomic E-state index is 0.741. The van der Waals surface area contributed by atoms with Crippen molar-refractivity contribution in [3.05, 3.63) is 36.7 Å². The summed E-state index contributed by atoms with van der Waals surface area (Å²) in [6, 6.07) is 7.66. The summed E-state index contributed by atoms with van der Waals surface area (Å²) < 4.78 is 11.9. The van der Waals surface area contributed by atoms with E-state index in [4.69, 9.17) is 9.47 Å². The predicted molar refractivity (Wildman–Crippen MR) is 56.7 cm³/mol. The van der Waals surface area contributed by atoms with E-state index in [2.05, 4.69) is 5.10 Å². The molecule has 0 fully saturated rings. The molecule has 78 valence electrons. The van der Waals surface area contributed by atoms with Crippen molar-refractivity contribution >= 4 is 0 Å². The van der Waals surface area contributed by atoms with Crippen molar-refractivity contribution in [3.8, 4) is 17.2 Å². The number of hydrogen-bond acceptors (Lipinski definition) is 3. The third-order valence-electron chi connectivity index (χ3n) is 2.13. The molecular weight excluding hydrogens is 192 g/mol. The number of nitrogens with zero attached hydrogens (tertiary/aromatic N) is 2. The Kier molecular flexibility index (Phi) is 2.58. The van der Waals surface area contributed by atoms with E-state index >= 15 is 0 Å². The van der Waals surface area contributed by atoms with Gasteiger partial charge in [-0.2, -0.15) is 5.10 Å². The van der Waals surface area contributed by atoms with Crippen LogP contribution in [0, 0.1) is 0 Å². The molecule has 0 bridgehead atoms. The predicted octanol–water partition coefficient (Wildman–Crippen LogP) is 1.89. The van der Waals surface area contributed by atoms with Crippen LogP contribution in [-0.4, -0.2) is 24.0 Å². The van der Waals surface area contributed by atoms with Gasteiger partial charge in [0.1, 0.15) is 5.75 Å². The zero-order valence-corrected chi connectivity index (χ0v) is 8.68. The van der Waals surface area contributed by atoms with Gasteiger partial charge < -0.3 is 9.47 Å². The van der Waals surface area contributed by atoms with Crippen LogP contribution in [0.25, 0.3) is 5.69 Å². The van der Waals surface area contributed by atoms with E-state index < -0.39 is 0 Å². The molecule has 1 aromatic carbocycles. The lowest BCUT2D eigenvalue weighted by atomic mass is 10.3. The monoisotopic (exact) mass is 204 g/mol. The Balaban J connectivity index is 2.28. The molecule has 0 N–H and O–H groups in total. The maximum absolute atomic E-state index is 5.08. The minimum atomic E-state index is 0.741. The topological polar surface area (TPSA) is 36.3 Å². The fourth-order valence-electron chi connectivity index (χ4n) is 1.29. The van der Waals surface area contributed by atoms with Gasteiger partial charge in [0.05, 0.1) is 32.3 Å². The maximum Gasteiger partial charge on any atom is 0.157 e. The third kappa shape index (κ3) is 1.93. The first-order chi connectivity index (χ1) is 7.33. The maximum atomic E-state index is 5.08. The lowest BCUT2D eigenvalue weighted by Gasteiger charge is -2.02. The van der Waals surface area contributed by atoms with Gasteiger partial charge in [0, 0.05) is 0 Å². The second kappa shape index (κ2) is 4.04. The van der Waals surface area contributed by atoms with E-state index in [1.54, 1.807) is 25.1 Å². The SMILES string of the molecule is COc1ccc(-n2cc(OC)cn2)cc1. The number of aromatic nitrogens is 2. The van der Waals surface area contributed by atoms with Crippen molar-refractivity contribution in [2.24, 2.45) is 0 Å².